The van der Waals surface area contributed by atoms with Crippen LogP contribution in [-0.2, 0) is 16.0 Å². The molecule has 0 saturated carbocycles. The summed E-state index contributed by atoms with van der Waals surface area (Å²) in [5, 5.41) is 0. The van der Waals surface area contributed by atoms with Crippen molar-refractivity contribution in [1.29, 1.82) is 0 Å². The van der Waals surface area contributed by atoms with Gasteiger partial charge in [-0.15, -0.1) is 0 Å². The second-order valence-electron chi connectivity index (χ2n) is 4.91. The Bertz CT molecular complexity index is 433. The van der Waals surface area contributed by atoms with Gasteiger partial charge in [-0.2, -0.15) is 0 Å². The molecule has 4 heteroatoms. The molecule has 1 fully saturated rings. The van der Waals surface area contributed by atoms with E-state index < -0.39 is 5.60 Å². The average molecular weight is 315 g/mol. The molecule has 1 aliphatic rings. The molecule has 2 rings (SSSR count). The number of benzene rings is 1. The first kappa shape index (κ1) is 13.7. The highest BCUT2D eigenvalue weighted by Gasteiger charge is 2.35. The zero-order chi connectivity index (χ0) is 13.2. The molecule has 1 saturated heterocycles. The SMILES string of the molecule is CC1(C(=O)Cc2cc(F)cc(Br)c2)CCCCO1. The molecule has 18 heavy (non-hydrogen) atoms. The van der Waals surface area contributed by atoms with Gasteiger partial charge in [0.05, 0.1) is 0 Å². The summed E-state index contributed by atoms with van der Waals surface area (Å²) in [6.45, 7) is 2.47. The predicted octanol–water partition coefficient (Wildman–Crippen LogP) is 3.66. The summed E-state index contributed by atoms with van der Waals surface area (Å²) in [5.41, 5.74) is -0.0147. The molecule has 2 nitrogen and oxygen atoms in total. The number of ether oxygens (including phenoxy) is 1. The lowest BCUT2D eigenvalue weighted by Crippen LogP contribution is -2.42. The van der Waals surface area contributed by atoms with Gasteiger partial charge in [-0.05, 0) is 49.9 Å². The smallest absolute Gasteiger partial charge is 0.168 e. The van der Waals surface area contributed by atoms with Crippen molar-refractivity contribution < 1.29 is 13.9 Å². The standard InChI is InChI=1S/C14H16BrFO2/c1-14(4-2-3-5-18-14)13(17)8-10-6-11(15)9-12(16)7-10/h6-7,9H,2-5,8H2,1H3. The van der Waals surface area contributed by atoms with E-state index in [4.69, 9.17) is 4.74 Å². The van der Waals surface area contributed by atoms with E-state index in [9.17, 15) is 9.18 Å². The Morgan fingerprint density at radius 2 is 2.22 bits per heavy atom. The Morgan fingerprint density at radius 1 is 1.44 bits per heavy atom. The fraction of sp³-hybridized carbons (Fsp3) is 0.500. The summed E-state index contributed by atoms with van der Waals surface area (Å²) in [7, 11) is 0. The Labute approximate surface area is 115 Å². The zero-order valence-electron chi connectivity index (χ0n) is 10.3. The second-order valence-corrected chi connectivity index (χ2v) is 5.83. The topological polar surface area (TPSA) is 26.3 Å². The van der Waals surface area contributed by atoms with Crippen molar-refractivity contribution in [3.63, 3.8) is 0 Å². The number of rotatable bonds is 3. The van der Waals surface area contributed by atoms with Gasteiger partial charge in [-0.25, -0.2) is 4.39 Å². The van der Waals surface area contributed by atoms with Crippen molar-refractivity contribution in [3.05, 3.63) is 34.1 Å². The summed E-state index contributed by atoms with van der Waals surface area (Å²) in [6.07, 6.45) is 2.98. The van der Waals surface area contributed by atoms with Gasteiger partial charge < -0.3 is 4.74 Å². The van der Waals surface area contributed by atoms with Crippen molar-refractivity contribution in [2.24, 2.45) is 0 Å². The minimum absolute atomic E-state index is 0.0275. The minimum Gasteiger partial charge on any atom is -0.367 e. The molecule has 0 bridgehead atoms. The molecule has 1 aromatic rings. The maximum absolute atomic E-state index is 13.2. The van der Waals surface area contributed by atoms with Crippen LogP contribution in [0.2, 0.25) is 0 Å². The third kappa shape index (κ3) is 3.18. The number of carbonyl (C=O) groups excluding carboxylic acids is 1. The van der Waals surface area contributed by atoms with Gasteiger partial charge in [0.1, 0.15) is 11.4 Å². The maximum Gasteiger partial charge on any atom is 0.168 e. The summed E-state index contributed by atoms with van der Waals surface area (Å²) in [4.78, 5) is 12.2. The van der Waals surface area contributed by atoms with Crippen LogP contribution in [0.15, 0.2) is 22.7 Å². The molecular formula is C14H16BrFO2. The molecule has 0 aliphatic carbocycles. The Hall–Kier alpha value is -0.740. The maximum atomic E-state index is 13.2. The molecule has 0 spiro atoms. The lowest BCUT2D eigenvalue weighted by atomic mass is 9.88. The van der Waals surface area contributed by atoms with Gasteiger partial charge in [0.2, 0.25) is 0 Å². The molecular weight excluding hydrogens is 299 g/mol. The van der Waals surface area contributed by atoms with Crippen LogP contribution in [0, 0.1) is 5.82 Å². The zero-order valence-corrected chi connectivity index (χ0v) is 11.9. The van der Waals surface area contributed by atoms with Crippen LogP contribution in [0.1, 0.15) is 31.7 Å². The molecule has 1 aliphatic heterocycles. The summed E-state index contributed by atoms with van der Waals surface area (Å²) in [6, 6.07) is 4.55. The van der Waals surface area contributed by atoms with Crippen molar-refractivity contribution >= 4 is 21.7 Å². The van der Waals surface area contributed by atoms with E-state index in [0.29, 0.717) is 16.6 Å². The molecule has 0 aromatic heterocycles. The highest BCUT2D eigenvalue weighted by atomic mass is 79.9. The normalized spacial score (nSPS) is 23.9. The molecule has 1 unspecified atom stereocenters. The van der Waals surface area contributed by atoms with Gasteiger partial charge in [0.15, 0.2) is 5.78 Å². The molecule has 0 radical (unpaired) electrons. The fourth-order valence-corrected chi connectivity index (χ4v) is 2.75. The number of hydrogen-bond donors (Lipinski definition) is 0. The lowest BCUT2D eigenvalue weighted by molar-refractivity contribution is -0.147. The fourth-order valence-electron chi connectivity index (χ4n) is 2.24. The second kappa shape index (κ2) is 5.49. The van der Waals surface area contributed by atoms with E-state index in [1.54, 1.807) is 6.07 Å². The van der Waals surface area contributed by atoms with E-state index >= 15 is 0 Å². The minimum atomic E-state index is -0.697. The van der Waals surface area contributed by atoms with Crippen molar-refractivity contribution in [2.45, 2.75) is 38.2 Å². The van der Waals surface area contributed by atoms with Crippen LogP contribution in [0.3, 0.4) is 0 Å². The third-order valence-corrected chi connectivity index (χ3v) is 3.80. The molecule has 0 N–H and O–H groups in total. The number of Topliss-reactive ketones (excluding diaryl/α,β-unsaturated/α-hetero) is 1. The Balaban J connectivity index is 2.10. The van der Waals surface area contributed by atoms with Crippen LogP contribution in [0.4, 0.5) is 4.39 Å². The average Bonchev–Trinajstić information content (AvgIpc) is 2.28. The van der Waals surface area contributed by atoms with Crippen LogP contribution < -0.4 is 0 Å². The number of halogens is 2. The van der Waals surface area contributed by atoms with E-state index in [-0.39, 0.29) is 18.0 Å². The van der Waals surface area contributed by atoms with Crippen molar-refractivity contribution in [2.75, 3.05) is 6.61 Å². The Morgan fingerprint density at radius 3 is 2.83 bits per heavy atom. The molecule has 98 valence electrons. The van der Waals surface area contributed by atoms with E-state index in [1.165, 1.54) is 12.1 Å². The molecule has 1 aromatic carbocycles. The number of hydrogen-bond acceptors (Lipinski definition) is 2. The van der Waals surface area contributed by atoms with E-state index in [0.717, 1.165) is 19.3 Å². The third-order valence-electron chi connectivity index (χ3n) is 3.35. The van der Waals surface area contributed by atoms with Gasteiger partial charge in [0, 0.05) is 17.5 Å². The van der Waals surface area contributed by atoms with Crippen LogP contribution in [0.5, 0.6) is 0 Å². The van der Waals surface area contributed by atoms with Gasteiger partial charge in [-0.1, -0.05) is 15.9 Å². The first-order valence-electron chi connectivity index (χ1n) is 6.12. The van der Waals surface area contributed by atoms with Crippen molar-refractivity contribution in [1.82, 2.24) is 0 Å². The summed E-state index contributed by atoms with van der Waals surface area (Å²) in [5.74, 6) is -0.304. The molecule has 1 atom stereocenters. The van der Waals surface area contributed by atoms with E-state index in [2.05, 4.69) is 15.9 Å². The molecule has 1 heterocycles. The van der Waals surface area contributed by atoms with Gasteiger partial charge in [0.25, 0.3) is 0 Å². The largest absolute Gasteiger partial charge is 0.367 e. The van der Waals surface area contributed by atoms with Crippen LogP contribution in [0.25, 0.3) is 0 Å². The Kier molecular flexibility index (Phi) is 4.17. The quantitative estimate of drug-likeness (QED) is 0.851. The highest BCUT2D eigenvalue weighted by Crippen LogP contribution is 2.27. The number of carbonyl (C=O) groups is 1. The highest BCUT2D eigenvalue weighted by molar-refractivity contribution is 9.10. The first-order chi connectivity index (χ1) is 8.49. The number of ketones is 1. The molecule has 0 amide bonds. The summed E-state index contributed by atoms with van der Waals surface area (Å²) < 4.78 is 19.5. The monoisotopic (exact) mass is 314 g/mol. The van der Waals surface area contributed by atoms with Crippen molar-refractivity contribution in [3.8, 4) is 0 Å². The van der Waals surface area contributed by atoms with E-state index in [1.807, 2.05) is 6.92 Å². The van der Waals surface area contributed by atoms with Crippen LogP contribution >= 0.6 is 15.9 Å². The lowest BCUT2D eigenvalue weighted by Gasteiger charge is -2.32. The summed E-state index contributed by atoms with van der Waals surface area (Å²) >= 11 is 3.23. The first-order valence-corrected chi connectivity index (χ1v) is 6.91. The predicted molar refractivity (Wildman–Crippen MR) is 71.0 cm³/mol. The van der Waals surface area contributed by atoms with Crippen LogP contribution in [-0.4, -0.2) is 18.0 Å². The van der Waals surface area contributed by atoms with Gasteiger partial charge in [-0.3, -0.25) is 4.79 Å². The van der Waals surface area contributed by atoms with Gasteiger partial charge >= 0.3 is 0 Å².